The van der Waals surface area contributed by atoms with Gasteiger partial charge in [0.05, 0.1) is 6.61 Å². The summed E-state index contributed by atoms with van der Waals surface area (Å²) in [7, 11) is 0. The summed E-state index contributed by atoms with van der Waals surface area (Å²) >= 11 is 0. The highest BCUT2D eigenvalue weighted by Crippen LogP contribution is 2.17. The van der Waals surface area contributed by atoms with Crippen molar-refractivity contribution in [2.24, 2.45) is 0 Å². The fourth-order valence-electron chi connectivity index (χ4n) is 3.12. The molecule has 0 radical (unpaired) electrons. The first-order chi connectivity index (χ1) is 15.0. The number of aryl methyl sites for hydroxylation is 1. The standard InChI is InChI=1S/C19H26N4O2.C2HF3O2/c1-14-15(2)20-18(21-19(14)25)17-5-3-16(4-6-17)13-23-9-7-22(8-10-23)11-12-24;3-2(4,5)1(6)7/h3-6,24H,7-13H2,1-2H3,(H,20,21,25);(H,6,7). The summed E-state index contributed by atoms with van der Waals surface area (Å²) in [6.07, 6.45) is -5.08. The Morgan fingerprint density at radius 3 is 2.09 bits per heavy atom. The van der Waals surface area contributed by atoms with Gasteiger partial charge in [-0.25, -0.2) is 9.78 Å². The van der Waals surface area contributed by atoms with E-state index in [1.54, 1.807) is 6.92 Å². The van der Waals surface area contributed by atoms with Gasteiger partial charge in [0.25, 0.3) is 5.56 Å². The highest BCUT2D eigenvalue weighted by molar-refractivity contribution is 5.73. The molecule has 2 heterocycles. The van der Waals surface area contributed by atoms with Crippen molar-refractivity contribution in [3.8, 4) is 11.4 Å². The van der Waals surface area contributed by atoms with Crippen LogP contribution in [0.4, 0.5) is 13.2 Å². The molecule has 0 atom stereocenters. The third-order valence-electron chi connectivity index (χ3n) is 5.15. The molecule has 1 aliphatic rings. The Kier molecular flexibility index (Phi) is 8.93. The molecule has 3 N–H and O–H groups in total. The van der Waals surface area contributed by atoms with E-state index in [0.29, 0.717) is 11.4 Å². The Bertz CT molecular complexity index is 953. The van der Waals surface area contributed by atoms with Gasteiger partial charge in [-0.05, 0) is 19.4 Å². The van der Waals surface area contributed by atoms with E-state index < -0.39 is 12.1 Å². The van der Waals surface area contributed by atoms with Crippen LogP contribution in [0.3, 0.4) is 0 Å². The molecule has 1 fully saturated rings. The predicted octanol–water partition coefficient (Wildman–Crippen LogP) is 1.80. The van der Waals surface area contributed by atoms with E-state index in [-0.39, 0.29) is 12.2 Å². The number of H-pyrrole nitrogens is 1. The van der Waals surface area contributed by atoms with Crippen LogP contribution in [-0.2, 0) is 11.3 Å². The number of rotatable bonds is 5. The molecule has 0 saturated carbocycles. The largest absolute Gasteiger partial charge is 0.490 e. The van der Waals surface area contributed by atoms with E-state index in [1.807, 2.05) is 19.1 Å². The maximum Gasteiger partial charge on any atom is 0.490 e. The van der Waals surface area contributed by atoms with Crippen molar-refractivity contribution in [2.75, 3.05) is 39.3 Å². The monoisotopic (exact) mass is 456 g/mol. The Balaban J connectivity index is 0.000000451. The van der Waals surface area contributed by atoms with Crippen LogP contribution < -0.4 is 5.56 Å². The van der Waals surface area contributed by atoms with E-state index in [0.717, 1.165) is 50.5 Å². The van der Waals surface area contributed by atoms with Gasteiger partial charge in [0.15, 0.2) is 0 Å². The van der Waals surface area contributed by atoms with E-state index in [4.69, 9.17) is 15.0 Å². The molecule has 0 spiro atoms. The minimum Gasteiger partial charge on any atom is -0.475 e. The minimum absolute atomic E-state index is 0.0765. The first-order valence-electron chi connectivity index (χ1n) is 10.0. The number of carboxylic acids is 1. The smallest absolute Gasteiger partial charge is 0.475 e. The van der Waals surface area contributed by atoms with Gasteiger partial charge in [-0.15, -0.1) is 0 Å². The molecule has 3 rings (SSSR count). The Labute approximate surface area is 183 Å². The number of carbonyl (C=O) groups is 1. The molecular weight excluding hydrogens is 429 g/mol. The first-order valence-corrected chi connectivity index (χ1v) is 10.0. The normalized spacial score (nSPS) is 15.2. The maximum atomic E-state index is 11.9. The molecule has 11 heteroatoms. The van der Waals surface area contributed by atoms with Crippen LogP contribution in [0.2, 0.25) is 0 Å². The van der Waals surface area contributed by atoms with Crippen molar-refractivity contribution in [3.05, 3.63) is 51.4 Å². The molecule has 0 bridgehead atoms. The van der Waals surface area contributed by atoms with Crippen molar-refractivity contribution in [3.63, 3.8) is 0 Å². The number of aliphatic hydroxyl groups excluding tert-OH is 1. The molecule has 0 amide bonds. The average Bonchev–Trinajstić information content (AvgIpc) is 2.73. The van der Waals surface area contributed by atoms with Gasteiger partial charge >= 0.3 is 12.1 Å². The zero-order valence-electron chi connectivity index (χ0n) is 17.9. The molecule has 1 aliphatic heterocycles. The minimum atomic E-state index is -5.08. The number of nitrogens with zero attached hydrogens (tertiary/aromatic N) is 3. The van der Waals surface area contributed by atoms with E-state index in [1.165, 1.54) is 5.56 Å². The van der Waals surface area contributed by atoms with Crippen LogP contribution in [0.5, 0.6) is 0 Å². The predicted molar refractivity (Wildman–Crippen MR) is 112 cm³/mol. The number of hydrogen-bond donors (Lipinski definition) is 3. The van der Waals surface area contributed by atoms with Crippen LogP contribution >= 0.6 is 0 Å². The number of β-amino-alcohol motifs (C(OH)–C–C–N with tert-alkyl or cyclic N) is 1. The van der Waals surface area contributed by atoms with Crippen LogP contribution in [-0.4, -0.2) is 81.5 Å². The van der Waals surface area contributed by atoms with E-state index in [2.05, 4.69) is 31.9 Å². The van der Waals surface area contributed by atoms with Gasteiger partial charge in [0.2, 0.25) is 0 Å². The number of alkyl halides is 3. The number of aliphatic hydroxyl groups is 1. The van der Waals surface area contributed by atoms with Crippen molar-refractivity contribution in [2.45, 2.75) is 26.6 Å². The lowest BCUT2D eigenvalue weighted by Gasteiger charge is -2.34. The van der Waals surface area contributed by atoms with Gasteiger partial charge in [-0.1, -0.05) is 24.3 Å². The molecule has 1 aromatic heterocycles. The van der Waals surface area contributed by atoms with Crippen LogP contribution in [0.15, 0.2) is 29.1 Å². The third-order valence-corrected chi connectivity index (χ3v) is 5.15. The SMILES string of the molecule is Cc1nc(-c2ccc(CN3CCN(CCO)CC3)cc2)[nH]c(=O)c1C.O=C(O)C(F)(F)F. The molecular formula is C21H27F3N4O4. The quantitative estimate of drug-likeness (QED) is 0.629. The molecule has 1 saturated heterocycles. The van der Waals surface area contributed by atoms with Crippen LogP contribution in [0, 0.1) is 13.8 Å². The summed E-state index contributed by atoms with van der Waals surface area (Å²) in [5.74, 6) is -2.13. The number of aromatic nitrogens is 2. The summed E-state index contributed by atoms with van der Waals surface area (Å²) in [6.45, 7) is 9.62. The van der Waals surface area contributed by atoms with Gasteiger partial charge in [-0.3, -0.25) is 14.6 Å². The number of piperazine rings is 1. The second kappa shape index (κ2) is 11.2. The van der Waals surface area contributed by atoms with Gasteiger partial charge < -0.3 is 15.2 Å². The van der Waals surface area contributed by atoms with Gasteiger partial charge in [-0.2, -0.15) is 13.2 Å². The lowest BCUT2D eigenvalue weighted by Crippen LogP contribution is -2.46. The molecule has 2 aromatic rings. The Morgan fingerprint density at radius 2 is 1.62 bits per heavy atom. The number of aromatic amines is 1. The fourth-order valence-corrected chi connectivity index (χ4v) is 3.12. The molecule has 8 nitrogen and oxygen atoms in total. The second-order valence-corrected chi connectivity index (χ2v) is 7.47. The zero-order valence-corrected chi connectivity index (χ0v) is 17.9. The fraction of sp³-hybridized carbons (Fsp3) is 0.476. The summed E-state index contributed by atoms with van der Waals surface area (Å²) in [6, 6.07) is 8.24. The lowest BCUT2D eigenvalue weighted by atomic mass is 10.1. The number of halogens is 3. The third kappa shape index (κ3) is 7.43. The van der Waals surface area contributed by atoms with E-state index >= 15 is 0 Å². The lowest BCUT2D eigenvalue weighted by molar-refractivity contribution is -0.192. The molecule has 32 heavy (non-hydrogen) atoms. The molecule has 176 valence electrons. The highest BCUT2D eigenvalue weighted by atomic mass is 19.4. The van der Waals surface area contributed by atoms with Crippen molar-refractivity contribution < 1.29 is 28.2 Å². The molecule has 1 aromatic carbocycles. The van der Waals surface area contributed by atoms with E-state index in [9.17, 15) is 18.0 Å². The summed E-state index contributed by atoms with van der Waals surface area (Å²) in [5.41, 5.74) is 3.54. The average molecular weight is 456 g/mol. The Morgan fingerprint density at radius 1 is 1.09 bits per heavy atom. The Hall–Kier alpha value is -2.76. The number of hydrogen-bond acceptors (Lipinski definition) is 6. The summed E-state index contributed by atoms with van der Waals surface area (Å²) in [4.78, 5) is 32.9. The van der Waals surface area contributed by atoms with Crippen LogP contribution in [0.1, 0.15) is 16.8 Å². The topological polar surface area (TPSA) is 110 Å². The van der Waals surface area contributed by atoms with Gasteiger partial charge in [0.1, 0.15) is 5.82 Å². The highest BCUT2D eigenvalue weighted by Gasteiger charge is 2.38. The van der Waals surface area contributed by atoms with Crippen LogP contribution in [0.25, 0.3) is 11.4 Å². The summed E-state index contributed by atoms with van der Waals surface area (Å²) in [5, 5.41) is 16.1. The number of benzene rings is 1. The number of nitrogens with one attached hydrogen (secondary N) is 1. The summed E-state index contributed by atoms with van der Waals surface area (Å²) < 4.78 is 31.7. The van der Waals surface area contributed by atoms with Crippen molar-refractivity contribution >= 4 is 5.97 Å². The van der Waals surface area contributed by atoms with Gasteiger partial charge in [0, 0.05) is 56.1 Å². The second-order valence-electron chi connectivity index (χ2n) is 7.47. The zero-order chi connectivity index (χ0) is 23.9. The van der Waals surface area contributed by atoms with Crippen molar-refractivity contribution in [1.29, 1.82) is 0 Å². The van der Waals surface area contributed by atoms with Crippen molar-refractivity contribution in [1.82, 2.24) is 19.8 Å². The maximum absolute atomic E-state index is 11.9. The number of aliphatic carboxylic acids is 1. The first kappa shape index (κ1) is 25.5. The molecule has 0 aliphatic carbocycles. The number of carboxylic acid groups (broad SMARTS) is 1. The molecule has 0 unspecified atom stereocenters.